The van der Waals surface area contributed by atoms with Crippen molar-refractivity contribution in [2.45, 2.75) is 31.2 Å². The number of benzene rings is 2. The molecule has 2 bridgehead atoms. The van der Waals surface area contributed by atoms with Gasteiger partial charge in [0.25, 0.3) is 0 Å². The summed E-state index contributed by atoms with van der Waals surface area (Å²) in [5.41, 5.74) is 3.42. The van der Waals surface area contributed by atoms with E-state index in [2.05, 4.69) is 27.3 Å². The minimum absolute atomic E-state index is 0.0696. The first kappa shape index (κ1) is 17.2. The predicted molar refractivity (Wildman–Crippen MR) is 105 cm³/mol. The Balaban J connectivity index is 1.58. The Morgan fingerprint density at radius 1 is 1.19 bits per heavy atom. The standard InChI is InChI=1S/C22H21BrFNO2/c1-27-22(26)12-4-2-11(3-5-12)20-19-14-7-6-13(8-14)18(19)16-9-15(23)10-17(24)21(16)25-20/h2-5,9-10,13-14,18-20,25H,6-8H2,1H3/t13-,14-,18+,19-,20-/m0/s1. The second-order valence-electron chi connectivity index (χ2n) is 8.02. The molecule has 0 aromatic heterocycles. The number of carbonyl (C=O) groups is 1. The number of esters is 1. The van der Waals surface area contributed by atoms with Crippen molar-refractivity contribution in [2.75, 3.05) is 12.4 Å². The molecule has 2 saturated carbocycles. The van der Waals surface area contributed by atoms with E-state index < -0.39 is 0 Å². The van der Waals surface area contributed by atoms with Gasteiger partial charge in [-0.15, -0.1) is 0 Å². The Morgan fingerprint density at radius 2 is 1.93 bits per heavy atom. The predicted octanol–water partition coefficient (Wildman–Crippen LogP) is 5.67. The molecule has 0 saturated heterocycles. The molecule has 5 atom stereocenters. The second-order valence-corrected chi connectivity index (χ2v) is 8.94. The minimum atomic E-state index is -0.336. The van der Waals surface area contributed by atoms with E-state index in [-0.39, 0.29) is 17.8 Å². The molecule has 2 aromatic rings. The number of rotatable bonds is 2. The molecular formula is C22H21BrFNO2. The molecule has 2 aromatic carbocycles. The van der Waals surface area contributed by atoms with Gasteiger partial charge in [-0.25, -0.2) is 9.18 Å². The lowest BCUT2D eigenvalue weighted by Gasteiger charge is -2.43. The van der Waals surface area contributed by atoms with E-state index in [9.17, 15) is 9.18 Å². The third kappa shape index (κ3) is 2.62. The topological polar surface area (TPSA) is 38.3 Å². The molecule has 3 aliphatic rings. The van der Waals surface area contributed by atoms with E-state index in [1.807, 2.05) is 12.1 Å². The van der Waals surface area contributed by atoms with E-state index in [4.69, 9.17) is 4.74 Å². The fourth-order valence-corrected chi connectivity index (χ4v) is 6.23. The van der Waals surface area contributed by atoms with Crippen LogP contribution in [0.3, 0.4) is 0 Å². The maximum Gasteiger partial charge on any atom is 0.337 e. The maximum atomic E-state index is 14.8. The van der Waals surface area contributed by atoms with Gasteiger partial charge in [0.05, 0.1) is 24.4 Å². The van der Waals surface area contributed by atoms with Crippen LogP contribution in [0.4, 0.5) is 10.1 Å². The molecule has 140 valence electrons. The van der Waals surface area contributed by atoms with Crippen molar-refractivity contribution in [3.05, 3.63) is 63.4 Å². The van der Waals surface area contributed by atoms with Gasteiger partial charge >= 0.3 is 5.97 Å². The summed E-state index contributed by atoms with van der Waals surface area (Å²) < 4.78 is 20.4. The lowest BCUT2D eigenvalue weighted by atomic mass is 9.68. The smallest absolute Gasteiger partial charge is 0.337 e. The van der Waals surface area contributed by atoms with Crippen molar-refractivity contribution >= 4 is 27.6 Å². The number of halogens is 2. The van der Waals surface area contributed by atoms with E-state index in [1.54, 1.807) is 12.1 Å². The molecule has 2 fully saturated rings. The van der Waals surface area contributed by atoms with E-state index >= 15 is 0 Å². The summed E-state index contributed by atoms with van der Waals surface area (Å²) >= 11 is 3.47. The molecule has 0 amide bonds. The SMILES string of the molecule is COC(=O)c1ccc([C@@H]2Nc3c(F)cc(Br)cc3[C@H]3[C@H]4CC[C@@H](C4)[C@@H]32)cc1. The first-order valence-corrected chi connectivity index (χ1v) is 10.3. The van der Waals surface area contributed by atoms with Crippen molar-refractivity contribution in [1.29, 1.82) is 0 Å². The maximum absolute atomic E-state index is 14.8. The first-order valence-electron chi connectivity index (χ1n) is 9.50. The molecule has 27 heavy (non-hydrogen) atoms. The number of hydrogen-bond acceptors (Lipinski definition) is 3. The Morgan fingerprint density at radius 3 is 2.67 bits per heavy atom. The number of hydrogen-bond donors (Lipinski definition) is 1. The van der Waals surface area contributed by atoms with Gasteiger partial charge in [-0.05, 0) is 78.3 Å². The van der Waals surface area contributed by atoms with Gasteiger partial charge in [0.1, 0.15) is 5.82 Å². The van der Waals surface area contributed by atoms with Crippen LogP contribution in [-0.4, -0.2) is 13.1 Å². The van der Waals surface area contributed by atoms with Gasteiger partial charge in [-0.1, -0.05) is 28.1 Å². The van der Waals surface area contributed by atoms with Crippen LogP contribution < -0.4 is 5.32 Å². The van der Waals surface area contributed by atoms with Crippen LogP contribution in [0.2, 0.25) is 0 Å². The molecule has 0 unspecified atom stereocenters. The summed E-state index contributed by atoms with van der Waals surface area (Å²) in [5, 5.41) is 3.52. The molecule has 1 N–H and O–H groups in total. The molecule has 1 heterocycles. The normalized spacial score (nSPS) is 30.4. The Kier molecular flexibility index (Phi) is 4.04. The van der Waals surface area contributed by atoms with Crippen molar-refractivity contribution in [2.24, 2.45) is 17.8 Å². The Labute approximate surface area is 166 Å². The zero-order chi connectivity index (χ0) is 18.7. The molecule has 5 heteroatoms. The van der Waals surface area contributed by atoms with Crippen molar-refractivity contribution in [3.63, 3.8) is 0 Å². The largest absolute Gasteiger partial charge is 0.465 e. The van der Waals surface area contributed by atoms with Crippen molar-refractivity contribution in [3.8, 4) is 0 Å². The Bertz CT molecular complexity index is 913. The van der Waals surface area contributed by atoms with Crippen LogP contribution in [0.15, 0.2) is 40.9 Å². The van der Waals surface area contributed by atoms with Crippen LogP contribution in [0.5, 0.6) is 0 Å². The molecule has 5 rings (SSSR count). The summed E-state index contributed by atoms with van der Waals surface area (Å²) in [7, 11) is 1.39. The highest BCUT2D eigenvalue weighted by molar-refractivity contribution is 9.10. The highest BCUT2D eigenvalue weighted by Gasteiger charge is 2.54. The van der Waals surface area contributed by atoms with Gasteiger partial charge in [0.2, 0.25) is 0 Å². The fraction of sp³-hybridized carbons (Fsp3) is 0.409. The van der Waals surface area contributed by atoms with Crippen LogP contribution in [-0.2, 0) is 4.74 Å². The average Bonchev–Trinajstić information content (AvgIpc) is 3.29. The summed E-state index contributed by atoms with van der Waals surface area (Å²) in [6.45, 7) is 0. The summed E-state index contributed by atoms with van der Waals surface area (Å²) in [6, 6.07) is 11.3. The third-order valence-electron chi connectivity index (χ3n) is 6.80. The number of carbonyl (C=O) groups excluding carboxylic acids is 1. The van der Waals surface area contributed by atoms with Gasteiger partial charge in [0.15, 0.2) is 0 Å². The highest BCUT2D eigenvalue weighted by atomic mass is 79.9. The number of nitrogens with one attached hydrogen (secondary N) is 1. The van der Waals surface area contributed by atoms with Crippen molar-refractivity contribution in [1.82, 2.24) is 0 Å². The Hall–Kier alpha value is -1.88. The van der Waals surface area contributed by atoms with Crippen LogP contribution in [0.1, 0.15) is 52.7 Å². The van der Waals surface area contributed by atoms with Gasteiger partial charge < -0.3 is 10.1 Å². The lowest BCUT2D eigenvalue weighted by Crippen LogP contribution is -2.36. The zero-order valence-corrected chi connectivity index (χ0v) is 16.6. The molecule has 0 radical (unpaired) electrons. The average molecular weight is 430 g/mol. The first-order chi connectivity index (χ1) is 13.1. The van der Waals surface area contributed by atoms with Gasteiger partial charge in [-0.3, -0.25) is 0 Å². The molecule has 0 spiro atoms. The lowest BCUT2D eigenvalue weighted by molar-refractivity contribution is 0.0600. The monoisotopic (exact) mass is 429 g/mol. The minimum Gasteiger partial charge on any atom is -0.465 e. The van der Waals surface area contributed by atoms with E-state index in [0.717, 1.165) is 15.6 Å². The number of fused-ring (bicyclic) bond motifs is 7. The van der Waals surface area contributed by atoms with Crippen LogP contribution in [0, 0.1) is 23.6 Å². The zero-order valence-electron chi connectivity index (χ0n) is 15.0. The summed E-state index contributed by atoms with van der Waals surface area (Å²) in [4.78, 5) is 11.7. The van der Waals surface area contributed by atoms with E-state index in [1.165, 1.54) is 32.4 Å². The summed E-state index contributed by atoms with van der Waals surface area (Å²) in [5.74, 6) is 1.65. The number of anilines is 1. The van der Waals surface area contributed by atoms with Gasteiger partial charge in [-0.2, -0.15) is 0 Å². The second kappa shape index (κ2) is 6.33. The fourth-order valence-electron chi connectivity index (χ4n) is 5.79. The van der Waals surface area contributed by atoms with Gasteiger partial charge in [0, 0.05) is 4.47 Å². The van der Waals surface area contributed by atoms with Crippen molar-refractivity contribution < 1.29 is 13.9 Å². The number of ether oxygens (including phenoxy) is 1. The summed E-state index contributed by atoms with van der Waals surface area (Å²) in [6.07, 6.45) is 3.74. The quantitative estimate of drug-likeness (QED) is 0.624. The molecular weight excluding hydrogens is 409 g/mol. The number of methoxy groups -OCH3 is 1. The van der Waals surface area contributed by atoms with Crippen LogP contribution in [0.25, 0.3) is 0 Å². The highest BCUT2D eigenvalue weighted by Crippen LogP contribution is 2.64. The van der Waals surface area contributed by atoms with Crippen LogP contribution >= 0.6 is 15.9 Å². The molecule has 2 aliphatic carbocycles. The third-order valence-corrected chi connectivity index (χ3v) is 7.26. The van der Waals surface area contributed by atoms with E-state index in [0.29, 0.717) is 34.9 Å². The molecule has 1 aliphatic heterocycles. The molecule has 3 nitrogen and oxygen atoms in total.